The number of para-hydroxylation sites is 1. The predicted molar refractivity (Wildman–Crippen MR) is 108 cm³/mol. The summed E-state index contributed by atoms with van der Waals surface area (Å²) in [6, 6.07) is 12.6. The van der Waals surface area contributed by atoms with Gasteiger partial charge in [-0.15, -0.1) is 0 Å². The highest BCUT2D eigenvalue weighted by Gasteiger charge is 2.10. The average Bonchev–Trinajstić information content (AvgIpc) is 2.64. The second-order valence-electron chi connectivity index (χ2n) is 6.05. The molecular formula is C20H24ClN3O3. The van der Waals surface area contributed by atoms with Crippen LogP contribution in [-0.2, 0) is 16.0 Å². The highest BCUT2D eigenvalue weighted by molar-refractivity contribution is 6.33. The predicted octanol–water partition coefficient (Wildman–Crippen LogP) is 3.46. The number of amides is 2. The molecule has 2 rings (SSSR count). The minimum Gasteiger partial charge on any atom is -0.383 e. The Balaban J connectivity index is 1.91. The third kappa shape index (κ3) is 6.58. The average molecular weight is 390 g/mol. The molecule has 0 bridgehead atoms. The molecule has 0 spiro atoms. The molecule has 0 aliphatic heterocycles. The number of nitrogens with one attached hydrogen (secondary N) is 2. The molecule has 0 aromatic heterocycles. The van der Waals surface area contributed by atoms with E-state index >= 15 is 0 Å². The first-order chi connectivity index (χ1) is 13.0. The molecule has 144 valence electrons. The lowest BCUT2D eigenvalue weighted by Crippen LogP contribution is -2.16. The van der Waals surface area contributed by atoms with Gasteiger partial charge in [0.2, 0.25) is 5.91 Å². The van der Waals surface area contributed by atoms with Crippen LogP contribution >= 0.6 is 11.6 Å². The van der Waals surface area contributed by atoms with Gasteiger partial charge in [-0.2, -0.15) is 0 Å². The van der Waals surface area contributed by atoms with Crippen molar-refractivity contribution in [2.24, 2.45) is 5.73 Å². The molecule has 0 heterocycles. The van der Waals surface area contributed by atoms with E-state index in [2.05, 4.69) is 10.6 Å². The van der Waals surface area contributed by atoms with Gasteiger partial charge in [-0.25, -0.2) is 0 Å². The van der Waals surface area contributed by atoms with Crippen molar-refractivity contribution in [1.82, 2.24) is 0 Å². The molecule has 7 heteroatoms. The number of halogens is 1. The maximum absolute atomic E-state index is 12.1. The molecular weight excluding hydrogens is 366 g/mol. The number of rotatable bonds is 10. The maximum Gasteiger partial charge on any atom is 0.250 e. The third-order valence-electron chi connectivity index (χ3n) is 3.99. The summed E-state index contributed by atoms with van der Waals surface area (Å²) in [7, 11) is 1.61. The Hall–Kier alpha value is -2.57. The van der Waals surface area contributed by atoms with Crippen molar-refractivity contribution < 1.29 is 14.3 Å². The first-order valence-corrected chi connectivity index (χ1v) is 9.09. The van der Waals surface area contributed by atoms with Crippen molar-refractivity contribution >= 4 is 34.8 Å². The summed E-state index contributed by atoms with van der Waals surface area (Å²) in [4.78, 5) is 23.6. The summed E-state index contributed by atoms with van der Waals surface area (Å²) in [5.74, 6) is -0.573. The van der Waals surface area contributed by atoms with Gasteiger partial charge in [-0.1, -0.05) is 29.8 Å². The van der Waals surface area contributed by atoms with Gasteiger partial charge < -0.3 is 21.1 Å². The Kier molecular flexibility index (Phi) is 8.10. The highest BCUT2D eigenvalue weighted by Crippen LogP contribution is 2.21. The summed E-state index contributed by atoms with van der Waals surface area (Å²) >= 11 is 6.04. The summed E-state index contributed by atoms with van der Waals surface area (Å²) in [5.41, 5.74) is 8.16. The summed E-state index contributed by atoms with van der Waals surface area (Å²) in [6.07, 6.45) is 1.74. The molecule has 0 fully saturated rings. The molecule has 0 saturated heterocycles. The minimum absolute atomic E-state index is 0.0877. The molecule has 0 saturated carbocycles. The van der Waals surface area contributed by atoms with E-state index in [0.29, 0.717) is 54.4 Å². The van der Waals surface area contributed by atoms with Crippen LogP contribution in [0.4, 0.5) is 11.4 Å². The fourth-order valence-electron chi connectivity index (χ4n) is 2.62. The van der Waals surface area contributed by atoms with Crippen molar-refractivity contribution in [3.8, 4) is 0 Å². The van der Waals surface area contributed by atoms with E-state index in [-0.39, 0.29) is 5.91 Å². The van der Waals surface area contributed by atoms with E-state index in [4.69, 9.17) is 22.1 Å². The molecule has 2 aromatic rings. The zero-order chi connectivity index (χ0) is 19.6. The fourth-order valence-corrected chi connectivity index (χ4v) is 2.81. The van der Waals surface area contributed by atoms with E-state index in [0.717, 1.165) is 5.56 Å². The lowest BCUT2D eigenvalue weighted by molar-refractivity contribution is -0.116. The molecule has 2 aromatic carbocycles. The summed E-state index contributed by atoms with van der Waals surface area (Å²) in [5, 5.41) is 6.48. The molecule has 2 amide bonds. The Bertz CT molecular complexity index is 796. The number of ether oxygens (including phenoxy) is 1. The largest absolute Gasteiger partial charge is 0.383 e. The number of anilines is 2. The molecule has 0 aliphatic carbocycles. The topological polar surface area (TPSA) is 93.4 Å². The van der Waals surface area contributed by atoms with Crippen LogP contribution in [0.5, 0.6) is 0 Å². The molecule has 0 unspecified atom stereocenters. The minimum atomic E-state index is -0.486. The lowest BCUT2D eigenvalue weighted by atomic mass is 10.0. The monoisotopic (exact) mass is 389 g/mol. The smallest absolute Gasteiger partial charge is 0.250 e. The van der Waals surface area contributed by atoms with Crippen molar-refractivity contribution in [3.05, 3.63) is 58.6 Å². The Morgan fingerprint density at radius 3 is 2.63 bits per heavy atom. The number of primary amides is 1. The van der Waals surface area contributed by atoms with E-state index in [1.807, 2.05) is 24.3 Å². The molecule has 0 radical (unpaired) electrons. The SMILES string of the molecule is COCCNc1cc(CCCC(=O)Nc2ccccc2Cl)ccc1C(N)=O. The zero-order valence-corrected chi connectivity index (χ0v) is 16.0. The number of nitrogens with two attached hydrogens (primary N) is 1. The number of hydrogen-bond acceptors (Lipinski definition) is 4. The number of carbonyl (C=O) groups excluding carboxylic acids is 2. The first-order valence-electron chi connectivity index (χ1n) is 8.71. The maximum atomic E-state index is 12.1. The highest BCUT2D eigenvalue weighted by atomic mass is 35.5. The second kappa shape index (κ2) is 10.5. The van der Waals surface area contributed by atoms with Gasteiger partial charge in [0.1, 0.15) is 0 Å². The Morgan fingerprint density at radius 2 is 1.93 bits per heavy atom. The van der Waals surface area contributed by atoms with Gasteiger partial charge >= 0.3 is 0 Å². The number of benzene rings is 2. The Morgan fingerprint density at radius 1 is 1.15 bits per heavy atom. The van der Waals surface area contributed by atoms with Crippen LogP contribution in [-0.4, -0.2) is 32.1 Å². The molecule has 4 N–H and O–H groups in total. The second-order valence-corrected chi connectivity index (χ2v) is 6.45. The van der Waals surface area contributed by atoms with Crippen LogP contribution in [0.3, 0.4) is 0 Å². The molecule has 0 aliphatic rings. The summed E-state index contributed by atoms with van der Waals surface area (Å²) in [6.45, 7) is 1.09. The molecule has 6 nitrogen and oxygen atoms in total. The van der Waals surface area contributed by atoms with Gasteiger partial charge in [-0.05, 0) is 42.7 Å². The van der Waals surface area contributed by atoms with Gasteiger partial charge in [0, 0.05) is 25.8 Å². The van der Waals surface area contributed by atoms with Crippen LogP contribution < -0.4 is 16.4 Å². The molecule has 27 heavy (non-hydrogen) atoms. The third-order valence-corrected chi connectivity index (χ3v) is 4.32. The van der Waals surface area contributed by atoms with E-state index in [1.54, 1.807) is 25.3 Å². The zero-order valence-electron chi connectivity index (χ0n) is 15.3. The van der Waals surface area contributed by atoms with Crippen LogP contribution in [0.2, 0.25) is 5.02 Å². The fraction of sp³-hybridized carbons (Fsp3) is 0.300. The number of hydrogen-bond donors (Lipinski definition) is 3. The van der Waals surface area contributed by atoms with Crippen molar-refractivity contribution in [1.29, 1.82) is 0 Å². The van der Waals surface area contributed by atoms with E-state index < -0.39 is 5.91 Å². The summed E-state index contributed by atoms with van der Waals surface area (Å²) < 4.78 is 5.01. The van der Waals surface area contributed by atoms with Crippen molar-refractivity contribution in [3.63, 3.8) is 0 Å². The standard InChI is InChI=1S/C20H24ClN3O3/c1-27-12-11-23-18-13-14(9-10-15(18)20(22)26)5-4-8-19(25)24-17-7-3-2-6-16(17)21/h2-3,6-7,9-10,13,23H,4-5,8,11-12H2,1H3,(H2,22,26)(H,24,25). The molecule has 0 atom stereocenters. The van der Waals surface area contributed by atoms with Crippen LogP contribution in [0.25, 0.3) is 0 Å². The lowest BCUT2D eigenvalue weighted by Gasteiger charge is -2.12. The van der Waals surface area contributed by atoms with Crippen molar-refractivity contribution in [2.75, 3.05) is 30.9 Å². The normalized spacial score (nSPS) is 10.4. The Labute approximate surface area is 164 Å². The van der Waals surface area contributed by atoms with Gasteiger partial charge in [0.15, 0.2) is 0 Å². The van der Waals surface area contributed by atoms with Gasteiger partial charge in [0.25, 0.3) is 5.91 Å². The van der Waals surface area contributed by atoms with Crippen LogP contribution in [0, 0.1) is 0 Å². The van der Waals surface area contributed by atoms with Crippen LogP contribution in [0.15, 0.2) is 42.5 Å². The number of methoxy groups -OCH3 is 1. The van der Waals surface area contributed by atoms with Gasteiger partial charge in [0.05, 0.1) is 22.9 Å². The number of aryl methyl sites for hydroxylation is 1. The van der Waals surface area contributed by atoms with E-state index in [9.17, 15) is 9.59 Å². The van der Waals surface area contributed by atoms with Gasteiger partial charge in [-0.3, -0.25) is 9.59 Å². The van der Waals surface area contributed by atoms with E-state index in [1.165, 1.54) is 0 Å². The van der Waals surface area contributed by atoms with Crippen molar-refractivity contribution in [2.45, 2.75) is 19.3 Å². The van der Waals surface area contributed by atoms with Crippen LogP contribution in [0.1, 0.15) is 28.8 Å². The quantitative estimate of drug-likeness (QED) is 0.542. The first kappa shape index (κ1) is 20.7. The number of carbonyl (C=O) groups is 2.